The number of nitrogens with one attached hydrogen (secondary N) is 1. The number of rotatable bonds is 5. The molecule has 5 rings (SSSR count). The zero-order chi connectivity index (χ0) is 24.6. The van der Waals surface area contributed by atoms with Crippen LogP contribution in [0.3, 0.4) is 0 Å². The van der Waals surface area contributed by atoms with Crippen LogP contribution in [0.15, 0.2) is 71.6 Å². The van der Waals surface area contributed by atoms with Crippen LogP contribution in [0.5, 0.6) is 11.5 Å². The highest BCUT2D eigenvalue weighted by Crippen LogP contribution is 2.35. The van der Waals surface area contributed by atoms with Crippen LogP contribution in [-0.2, 0) is 27.8 Å². The van der Waals surface area contributed by atoms with E-state index >= 15 is 0 Å². The average molecular weight is 493 g/mol. The predicted octanol–water partition coefficient (Wildman–Crippen LogP) is 3.41. The van der Waals surface area contributed by atoms with Crippen LogP contribution in [0, 0.1) is 0 Å². The molecule has 3 aromatic carbocycles. The van der Waals surface area contributed by atoms with Crippen molar-refractivity contribution >= 4 is 27.4 Å². The minimum Gasteiger partial charge on any atom is -0.486 e. The average Bonchev–Trinajstić information content (AvgIpc) is 2.87. The van der Waals surface area contributed by atoms with Crippen LogP contribution in [-0.4, -0.2) is 43.7 Å². The van der Waals surface area contributed by atoms with Crippen molar-refractivity contribution < 1.29 is 27.5 Å². The van der Waals surface area contributed by atoms with Gasteiger partial charge in [0, 0.05) is 23.9 Å². The molecule has 0 saturated heterocycles. The molecule has 35 heavy (non-hydrogen) atoms. The van der Waals surface area contributed by atoms with Crippen LogP contribution in [0.25, 0.3) is 0 Å². The molecular weight excluding hydrogens is 468 g/mol. The lowest BCUT2D eigenvalue weighted by molar-refractivity contribution is -0.120. The number of Topliss-reactive ketones (excluding diaryl/α,β-unsaturated/α-hetero) is 1. The summed E-state index contributed by atoms with van der Waals surface area (Å²) in [7, 11) is -4.05. The molecule has 8 nitrogen and oxygen atoms in total. The fourth-order valence-electron chi connectivity index (χ4n) is 4.31. The molecule has 2 heterocycles. The molecule has 0 bridgehead atoms. The van der Waals surface area contributed by atoms with Gasteiger partial charge in [-0.2, -0.15) is 4.31 Å². The second-order valence-corrected chi connectivity index (χ2v) is 10.4. The fraction of sp³-hybridized carbons (Fsp3) is 0.231. The molecule has 0 spiro atoms. The molecule has 2 aliphatic heterocycles. The van der Waals surface area contributed by atoms with Gasteiger partial charge in [0.15, 0.2) is 17.3 Å². The quantitative estimate of drug-likeness (QED) is 0.548. The predicted molar refractivity (Wildman–Crippen MR) is 129 cm³/mol. The molecule has 1 atom stereocenters. The largest absolute Gasteiger partial charge is 0.486 e. The van der Waals surface area contributed by atoms with Crippen LogP contribution < -0.4 is 14.8 Å². The Morgan fingerprint density at radius 3 is 2.31 bits per heavy atom. The zero-order valence-electron chi connectivity index (χ0n) is 19.1. The monoisotopic (exact) mass is 492 g/mol. The van der Waals surface area contributed by atoms with Gasteiger partial charge >= 0.3 is 0 Å². The van der Waals surface area contributed by atoms with E-state index in [4.69, 9.17) is 9.47 Å². The van der Waals surface area contributed by atoms with E-state index in [0.29, 0.717) is 36.0 Å². The van der Waals surface area contributed by atoms with E-state index in [2.05, 4.69) is 5.32 Å². The highest BCUT2D eigenvalue weighted by molar-refractivity contribution is 7.89. The number of ether oxygens (including phenoxy) is 2. The van der Waals surface area contributed by atoms with E-state index in [-0.39, 0.29) is 23.6 Å². The van der Waals surface area contributed by atoms with Crippen molar-refractivity contribution in [2.24, 2.45) is 0 Å². The number of nitrogens with zero attached hydrogens (tertiary/aromatic N) is 1. The number of hydrogen-bond acceptors (Lipinski definition) is 6. The summed E-state index contributed by atoms with van der Waals surface area (Å²) in [5.41, 5.74) is 2.78. The first-order chi connectivity index (χ1) is 16.8. The summed E-state index contributed by atoms with van der Waals surface area (Å²) in [5.74, 6) is 0.323. The van der Waals surface area contributed by atoms with E-state index in [1.807, 2.05) is 24.3 Å². The molecule has 2 aliphatic rings. The highest BCUT2D eigenvalue weighted by atomic mass is 32.2. The van der Waals surface area contributed by atoms with Gasteiger partial charge in [0.05, 0.1) is 4.90 Å². The number of amides is 1. The number of anilines is 1. The van der Waals surface area contributed by atoms with Crippen LogP contribution >= 0.6 is 0 Å². The number of carbonyl (C=O) groups is 2. The highest BCUT2D eigenvalue weighted by Gasteiger charge is 2.40. The molecule has 1 amide bonds. The standard InChI is InChI=1S/C26H24N2O6S/c1-17(29)18-6-8-21(9-7-18)27-26(30)23-14-19-4-2-3-5-20(19)16-28(23)35(31,32)22-10-11-24-25(15-22)34-13-12-33-24/h2-11,15,23H,12-14,16H2,1H3,(H,27,30)/t23-/m1/s1. The third-order valence-corrected chi connectivity index (χ3v) is 8.04. The Bertz CT molecular complexity index is 1400. The minimum absolute atomic E-state index is 0.0322. The lowest BCUT2D eigenvalue weighted by Gasteiger charge is -2.35. The van der Waals surface area contributed by atoms with Crippen molar-refractivity contribution in [3.05, 3.63) is 83.4 Å². The molecule has 0 fully saturated rings. The van der Waals surface area contributed by atoms with E-state index in [1.54, 1.807) is 30.3 Å². The molecule has 1 N–H and O–H groups in total. The summed E-state index contributed by atoms with van der Waals surface area (Å²) >= 11 is 0. The van der Waals surface area contributed by atoms with Gasteiger partial charge in [-0.05, 0) is 60.9 Å². The zero-order valence-corrected chi connectivity index (χ0v) is 19.9. The fourth-order valence-corrected chi connectivity index (χ4v) is 5.89. The van der Waals surface area contributed by atoms with Crippen LogP contribution in [0.2, 0.25) is 0 Å². The van der Waals surface area contributed by atoms with Gasteiger partial charge in [0.1, 0.15) is 19.3 Å². The van der Waals surface area contributed by atoms with Crippen molar-refractivity contribution in [2.75, 3.05) is 18.5 Å². The Balaban J connectivity index is 1.48. The van der Waals surface area contributed by atoms with E-state index in [1.165, 1.54) is 23.4 Å². The second kappa shape index (κ2) is 9.16. The third-order valence-electron chi connectivity index (χ3n) is 6.19. The number of fused-ring (bicyclic) bond motifs is 2. The lowest BCUT2D eigenvalue weighted by atomic mass is 9.95. The first-order valence-electron chi connectivity index (χ1n) is 11.2. The summed E-state index contributed by atoms with van der Waals surface area (Å²) in [6.07, 6.45) is 0.233. The molecule has 9 heteroatoms. The molecule has 0 radical (unpaired) electrons. The van der Waals surface area contributed by atoms with Crippen molar-refractivity contribution in [1.82, 2.24) is 4.31 Å². The maximum absolute atomic E-state index is 13.8. The van der Waals surface area contributed by atoms with E-state index in [9.17, 15) is 18.0 Å². The second-order valence-electron chi connectivity index (χ2n) is 8.47. The molecule has 0 aromatic heterocycles. The molecule has 0 saturated carbocycles. The number of sulfonamides is 1. The number of benzene rings is 3. The summed E-state index contributed by atoms with van der Waals surface area (Å²) in [5, 5.41) is 2.81. The molecular formula is C26H24N2O6S. The van der Waals surface area contributed by atoms with Crippen molar-refractivity contribution in [3.63, 3.8) is 0 Å². The maximum atomic E-state index is 13.8. The van der Waals surface area contributed by atoms with Gasteiger partial charge in [-0.3, -0.25) is 9.59 Å². The molecule has 0 aliphatic carbocycles. The summed E-state index contributed by atoms with van der Waals surface area (Å²) < 4.78 is 39.9. The first-order valence-corrected chi connectivity index (χ1v) is 12.7. The number of hydrogen-bond donors (Lipinski definition) is 1. The Morgan fingerprint density at radius 1 is 0.914 bits per heavy atom. The third kappa shape index (κ3) is 4.52. The summed E-state index contributed by atoms with van der Waals surface area (Å²) in [6, 6.07) is 17.5. The first kappa shape index (κ1) is 23.1. The molecule has 180 valence electrons. The van der Waals surface area contributed by atoms with Gasteiger partial charge in [0.25, 0.3) is 0 Å². The van der Waals surface area contributed by atoms with Crippen molar-refractivity contribution in [3.8, 4) is 11.5 Å². The van der Waals surface area contributed by atoms with Crippen molar-refractivity contribution in [1.29, 1.82) is 0 Å². The van der Waals surface area contributed by atoms with E-state index < -0.39 is 22.0 Å². The molecule has 0 unspecified atom stereocenters. The minimum atomic E-state index is -4.05. The van der Waals surface area contributed by atoms with Gasteiger partial charge in [-0.15, -0.1) is 0 Å². The SMILES string of the molecule is CC(=O)c1ccc(NC(=O)[C@H]2Cc3ccccc3CN2S(=O)(=O)c2ccc3c(c2)OCCO3)cc1. The topological polar surface area (TPSA) is 102 Å². The lowest BCUT2D eigenvalue weighted by Crippen LogP contribution is -2.50. The molecule has 3 aromatic rings. The van der Waals surface area contributed by atoms with Gasteiger partial charge in [-0.1, -0.05) is 24.3 Å². The summed E-state index contributed by atoms with van der Waals surface area (Å²) in [6.45, 7) is 2.26. The van der Waals surface area contributed by atoms with Gasteiger partial charge in [0.2, 0.25) is 15.9 Å². The van der Waals surface area contributed by atoms with Gasteiger partial charge < -0.3 is 14.8 Å². The van der Waals surface area contributed by atoms with Crippen molar-refractivity contribution in [2.45, 2.75) is 30.8 Å². The van der Waals surface area contributed by atoms with E-state index in [0.717, 1.165) is 11.1 Å². The summed E-state index contributed by atoms with van der Waals surface area (Å²) in [4.78, 5) is 25.0. The Kier molecular flexibility index (Phi) is 6.04. The van der Waals surface area contributed by atoms with Gasteiger partial charge in [-0.25, -0.2) is 8.42 Å². The Labute approximate surface area is 203 Å². The maximum Gasteiger partial charge on any atom is 0.244 e. The normalized spacial score (nSPS) is 17.3. The number of carbonyl (C=O) groups excluding carboxylic acids is 2. The number of ketones is 1. The Hall–Kier alpha value is -3.69. The van der Waals surface area contributed by atoms with Crippen LogP contribution in [0.1, 0.15) is 28.4 Å². The van der Waals surface area contributed by atoms with Crippen LogP contribution in [0.4, 0.5) is 5.69 Å². The smallest absolute Gasteiger partial charge is 0.244 e. The Morgan fingerprint density at radius 2 is 1.60 bits per heavy atom.